The van der Waals surface area contributed by atoms with E-state index in [9.17, 15) is 30.0 Å². The van der Waals surface area contributed by atoms with Gasteiger partial charge < -0.3 is 11.5 Å². The van der Waals surface area contributed by atoms with Gasteiger partial charge >= 0.3 is 6.18 Å². The van der Waals surface area contributed by atoms with Gasteiger partial charge in [-0.15, -0.1) is 0 Å². The minimum atomic E-state index is -5.12. The molecule has 1 aromatic rings. The molecule has 3 rings (SSSR count). The molecule has 1 aromatic heterocycles. The predicted octanol–water partition coefficient (Wildman–Crippen LogP) is 1.82. The Hall–Kier alpha value is -2.03. The number of nitrogens with zero attached hydrogens (tertiary/aromatic N) is 2. The maximum Gasteiger partial charge on any atom is 0.413 e. The molecule has 1 saturated carbocycles. The van der Waals surface area contributed by atoms with Gasteiger partial charge in [0, 0.05) is 24.1 Å². The molecule has 0 aliphatic heterocycles. The lowest BCUT2D eigenvalue weighted by Crippen LogP contribution is -2.57. The van der Waals surface area contributed by atoms with Crippen molar-refractivity contribution in [3.8, 4) is 0 Å². The van der Waals surface area contributed by atoms with Crippen LogP contribution in [0.1, 0.15) is 43.4 Å². The van der Waals surface area contributed by atoms with Gasteiger partial charge in [-0.1, -0.05) is 12.2 Å². The zero-order valence-electron chi connectivity index (χ0n) is 18.7. The van der Waals surface area contributed by atoms with Gasteiger partial charge in [0.2, 0.25) is 20.7 Å². The van der Waals surface area contributed by atoms with Crippen molar-refractivity contribution < 1.29 is 30.0 Å². The first-order valence-corrected chi connectivity index (χ1v) is 14.0. The van der Waals surface area contributed by atoms with Crippen LogP contribution in [0, 0.1) is 12.8 Å². The fraction of sp³-hybridized carbons (Fsp3) is 0.600. The van der Waals surface area contributed by atoms with Crippen LogP contribution in [-0.4, -0.2) is 55.4 Å². The molecule has 0 aromatic carbocycles. The molecular formula is C20H28F3N5O4S2. The van der Waals surface area contributed by atoms with E-state index in [1.165, 1.54) is 18.3 Å². The molecule has 0 saturated heterocycles. The molecule has 1 heterocycles. The van der Waals surface area contributed by atoms with Gasteiger partial charge in [0.05, 0.1) is 5.69 Å². The highest BCUT2D eigenvalue weighted by atomic mass is 32.2. The molecule has 0 amide bonds. The van der Waals surface area contributed by atoms with E-state index in [4.69, 9.17) is 11.5 Å². The summed E-state index contributed by atoms with van der Waals surface area (Å²) in [6.45, 7) is 1.54. The molecule has 14 heteroatoms. The quantitative estimate of drug-likeness (QED) is 0.509. The van der Waals surface area contributed by atoms with E-state index in [1.807, 2.05) is 0 Å². The Balaban J connectivity index is 1.89. The molecule has 0 spiro atoms. The largest absolute Gasteiger partial charge is 0.413 e. The Morgan fingerprint density at radius 2 is 1.79 bits per heavy atom. The number of sulfonamides is 1. The molecule has 2 aliphatic rings. The summed E-state index contributed by atoms with van der Waals surface area (Å²) in [5.74, 6) is -0.436. The van der Waals surface area contributed by atoms with Crippen molar-refractivity contribution in [3.05, 3.63) is 35.7 Å². The van der Waals surface area contributed by atoms with Crippen LogP contribution >= 0.6 is 0 Å². The maximum absolute atomic E-state index is 14.4. The van der Waals surface area contributed by atoms with Gasteiger partial charge in [-0.3, -0.25) is 0 Å². The van der Waals surface area contributed by atoms with Crippen LogP contribution in [0.4, 0.5) is 19.1 Å². The van der Waals surface area contributed by atoms with Crippen LogP contribution in [0.3, 0.4) is 0 Å². The Morgan fingerprint density at radius 1 is 1.18 bits per heavy atom. The number of alkyl halides is 3. The van der Waals surface area contributed by atoms with E-state index in [0.717, 1.165) is 6.26 Å². The Labute approximate surface area is 196 Å². The smallest absolute Gasteiger partial charge is 0.368 e. The van der Waals surface area contributed by atoms with Gasteiger partial charge in [-0.2, -0.15) is 13.2 Å². The number of allylic oxidation sites excluding steroid dienone is 3. The maximum atomic E-state index is 14.4. The van der Waals surface area contributed by atoms with Crippen molar-refractivity contribution >= 4 is 31.4 Å². The number of nitrogens with one attached hydrogen (secondary N) is 1. The minimum Gasteiger partial charge on any atom is -0.368 e. The normalized spacial score (nSPS) is 27.3. The van der Waals surface area contributed by atoms with Gasteiger partial charge in [-0.25, -0.2) is 31.5 Å². The molecule has 2 aliphatic carbocycles. The van der Waals surface area contributed by atoms with Crippen molar-refractivity contribution in [2.24, 2.45) is 11.7 Å². The summed E-state index contributed by atoms with van der Waals surface area (Å²) in [6, 6.07) is -0.767. The number of hydrogen-bond acceptors (Lipinski definition) is 8. The lowest BCUT2D eigenvalue weighted by atomic mass is 9.86. The number of hydrogen-bond donors (Lipinski definition) is 3. The zero-order valence-corrected chi connectivity index (χ0v) is 20.3. The molecule has 2 unspecified atom stereocenters. The summed E-state index contributed by atoms with van der Waals surface area (Å²) in [5, 5.41) is -1.09. The fourth-order valence-corrected chi connectivity index (χ4v) is 7.19. The average Bonchev–Trinajstić information content (AvgIpc) is 2.72. The number of aryl methyl sites for hydroxylation is 1. The third-order valence-corrected chi connectivity index (χ3v) is 9.92. The van der Waals surface area contributed by atoms with E-state index in [0.29, 0.717) is 11.8 Å². The standard InChI is InChI=1S/C20H28F3N5O4S2/c1-12-16(11-26-18(25)27-12)14-4-3-9-19(10-14,20(21,22)23)34(31,32)28-15-7-5-13(6-8-15)17(24)33(2,29)30/h3-4,10-11,13,15,17,28H,5-9,24H2,1-2H3,(H2,25,26,27). The minimum absolute atomic E-state index is 0.0225. The highest BCUT2D eigenvalue weighted by molar-refractivity contribution is 7.91. The summed E-state index contributed by atoms with van der Waals surface area (Å²) in [4.78, 5) is 7.76. The second kappa shape index (κ2) is 9.21. The topological polar surface area (TPSA) is 158 Å². The van der Waals surface area contributed by atoms with Crippen molar-refractivity contribution in [1.82, 2.24) is 14.7 Å². The summed E-state index contributed by atoms with van der Waals surface area (Å²) >= 11 is 0. The molecule has 1 fully saturated rings. The Morgan fingerprint density at radius 3 is 2.32 bits per heavy atom. The monoisotopic (exact) mass is 523 g/mol. The average molecular weight is 524 g/mol. The van der Waals surface area contributed by atoms with Crippen LogP contribution in [0.2, 0.25) is 0 Å². The molecule has 2 atom stereocenters. The molecular weight excluding hydrogens is 495 g/mol. The fourth-order valence-electron chi connectivity index (χ4n) is 4.43. The van der Waals surface area contributed by atoms with Gasteiger partial charge in [0.1, 0.15) is 5.37 Å². The molecule has 0 bridgehead atoms. The Kier molecular flexibility index (Phi) is 7.19. The van der Waals surface area contributed by atoms with Crippen LogP contribution in [0.15, 0.2) is 24.4 Å². The van der Waals surface area contributed by atoms with Crippen molar-refractivity contribution in [2.45, 2.75) is 61.4 Å². The number of rotatable bonds is 6. The predicted molar refractivity (Wildman–Crippen MR) is 122 cm³/mol. The number of nitrogens with two attached hydrogens (primary N) is 2. The third kappa shape index (κ3) is 5.14. The van der Waals surface area contributed by atoms with E-state index >= 15 is 0 Å². The molecule has 34 heavy (non-hydrogen) atoms. The molecule has 0 radical (unpaired) electrons. The number of nitrogen functional groups attached to an aromatic ring is 1. The van der Waals surface area contributed by atoms with Crippen molar-refractivity contribution in [1.29, 1.82) is 0 Å². The highest BCUT2D eigenvalue weighted by Gasteiger charge is 2.63. The van der Waals surface area contributed by atoms with Crippen molar-refractivity contribution in [2.75, 3.05) is 12.0 Å². The molecule has 5 N–H and O–H groups in total. The molecule has 9 nitrogen and oxygen atoms in total. The third-order valence-electron chi connectivity index (χ3n) is 6.43. The first-order chi connectivity index (χ1) is 15.6. The highest BCUT2D eigenvalue weighted by Crippen LogP contribution is 2.45. The first-order valence-electron chi connectivity index (χ1n) is 10.6. The van der Waals surface area contributed by atoms with Gasteiger partial charge in [0.15, 0.2) is 9.84 Å². The number of anilines is 1. The number of aromatic nitrogens is 2. The summed E-state index contributed by atoms with van der Waals surface area (Å²) in [7, 11) is -8.43. The van der Waals surface area contributed by atoms with E-state index in [-0.39, 0.29) is 48.7 Å². The van der Waals surface area contributed by atoms with Crippen LogP contribution in [0.5, 0.6) is 0 Å². The lowest BCUT2D eigenvalue weighted by molar-refractivity contribution is -0.149. The van der Waals surface area contributed by atoms with Crippen LogP contribution in [0.25, 0.3) is 5.57 Å². The van der Waals surface area contributed by atoms with Gasteiger partial charge in [-0.05, 0) is 56.6 Å². The van der Waals surface area contributed by atoms with Crippen LogP contribution < -0.4 is 16.2 Å². The lowest BCUT2D eigenvalue weighted by Gasteiger charge is -2.37. The van der Waals surface area contributed by atoms with Crippen molar-refractivity contribution in [3.63, 3.8) is 0 Å². The number of sulfone groups is 1. The van der Waals surface area contributed by atoms with E-state index in [1.54, 1.807) is 6.92 Å². The molecule has 190 valence electrons. The second-order valence-corrected chi connectivity index (χ2v) is 13.0. The SMILES string of the molecule is Cc1nc(N)ncc1C1=CC(C(F)(F)F)(S(=O)(=O)NC2CCC(C(N)S(C)(=O)=O)CC2)CC=C1. The summed E-state index contributed by atoms with van der Waals surface area (Å²) in [5.41, 5.74) is 11.9. The summed E-state index contributed by atoms with van der Waals surface area (Å²) < 4.78 is 92.0. The zero-order chi connectivity index (χ0) is 25.5. The Bertz CT molecular complexity index is 1210. The second-order valence-electron chi connectivity index (χ2n) is 8.85. The number of halogens is 3. The first kappa shape index (κ1) is 26.6. The van der Waals surface area contributed by atoms with Gasteiger partial charge in [0.25, 0.3) is 0 Å². The van der Waals surface area contributed by atoms with Crippen LogP contribution in [-0.2, 0) is 19.9 Å². The van der Waals surface area contributed by atoms with E-state index in [2.05, 4.69) is 14.7 Å². The summed E-state index contributed by atoms with van der Waals surface area (Å²) in [6.07, 6.45) is 0.553. The van der Waals surface area contributed by atoms with E-state index < -0.39 is 48.6 Å².